The van der Waals surface area contributed by atoms with Crippen LogP contribution in [0.25, 0.3) is 0 Å². The first kappa shape index (κ1) is 16.3. The second-order valence-electron chi connectivity index (χ2n) is 5.05. The summed E-state index contributed by atoms with van der Waals surface area (Å²) in [4.78, 5) is 14.1. The van der Waals surface area contributed by atoms with Gasteiger partial charge in [-0.3, -0.25) is 9.69 Å². The molecule has 0 aromatic heterocycles. The van der Waals surface area contributed by atoms with E-state index in [0.29, 0.717) is 23.0 Å². The molecule has 0 heterocycles. The number of carbonyl (C=O) groups excluding carboxylic acids is 1. The van der Waals surface area contributed by atoms with Gasteiger partial charge in [0, 0.05) is 11.6 Å². The van der Waals surface area contributed by atoms with Gasteiger partial charge in [-0.25, -0.2) is 0 Å². The third kappa shape index (κ3) is 4.76. The van der Waals surface area contributed by atoms with Crippen LogP contribution in [0.5, 0.6) is 5.75 Å². The predicted molar refractivity (Wildman–Crippen MR) is 89.4 cm³/mol. The van der Waals surface area contributed by atoms with Crippen LogP contribution in [-0.4, -0.2) is 31.5 Å². The minimum Gasteiger partial charge on any atom is -0.495 e. The third-order valence-electron chi connectivity index (χ3n) is 3.14. The molecule has 0 saturated heterocycles. The Morgan fingerprint density at radius 1 is 1.23 bits per heavy atom. The predicted octanol–water partition coefficient (Wildman–Crippen LogP) is 3.42. The molecule has 5 heteroatoms. The van der Waals surface area contributed by atoms with Crippen molar-refractivity contribution in [2.45, 2.75) is 6.54 Å². The molecule has 2 rings (SSSR count). The van der Waals surface area contributed by atoms with Crippen LogP contribution in [0.1, 0.15) is 5.56 Å². The van der Waals surface area contributed by atoms with Gasteiger partial charge in [0.1, 0.15) is 5.75 Å². The molecule has 116 valence electrons. The Labute approximate surface area is 135 Å². The molecule has 0 atom stereocenters. The van der Waals surface area contributed by atoms with E-state index < -0.39 is 0 Å². The monoisotopic (exact) mass is 318 g/mol. The van der Waals surface area contributed by atoms with Gasteiger partial charge in [0.15, 0.2) is 0 Å². The van der Waals surface area contributed by atoms with Crippen molar-refractivity contribution in [3.05, 3.63) is 59.1 Å². The Balaban J connectivity index is 1.94. The number of benzene rings is 2. The van der Waals surface area contributed by atoms with Crippen LogP contribution in [0.3, 0.4) is 0 Å². The second-order valence-corrected chi connectivity index (χ2v) is 5.49. The summed E-state index contributed by atoms with van der Waals surface area (Å²) in [6, 6.07) is 15.1. The molecule has 0 spiro atoms. The molecule has 0 unspecified atom stereocenters. The number of carbonyl (C=O) groups is 1. The lowest BCUT2D eigenvalue weighted by molar-refractivity contribution is -0.117. The van der Waals surface area contributed by atoms with Gasteiger partial charge in [-0.05, 0) is 30.8 Å². The molecule has 1 amide bonds. The number of methoxy groups -OCH3 is 1. The van der Waals surface area contributed by atoms with Gasteiger partial charge < -0.3 is 10.1 Å². The summed E-state index contributed by atoms with van der Waals surface area (Å²) >= 11 is 5.95. The van der Waals surface area contributed by atoms with Crippen molar-refractivity contribution in [3.63, 3.8) is 0 Å². The average molecular weight is 319 g/mol. The summed E-state index contributed by atoms with van der Waals surface area (Å²) in [7, 11) is 3.46. The highest BCUT2D eigenvalue weighted by atomic mass is 35.5. The Bertz CT molecular complexity index is 632. The number of amides is 1. The molecule has 0 aliphatic rings. The molecule has 0 fully saturated rings. The van der Waals surface area contributed by atoms with Crippen LogP contribution >= 0.6 is 11.6 Å². The number of hydrogen-bond acceptors (Lipinski definition) is 3. The first-order valence-corrected chi connectivity index (χ1v) is 7.32. The van der Waals surface area contributed by atoms with Gasteiger partial charge >= 0.3 is 0 Å². The first-order chi connectivity index (χ1) is 10.6. The molecule has 1 N–H and O–H groups in total. The van der Waals surface area contributed by atoms with Crippen LogP contribution in [0.4, 0.5) is 5.69 Å². The summed E-state index contributed by atoms with van der Waals surface area (Å²) in [6.45, 7) is 0.992. The normalized spacial score (nSPS) is 10.5. The molecule has 0 saturated carbocycles. The van der Waals surface area contributed by atoms with Gasteiger partial charge in [-0.2, -0.15) is 0 Å². The molecular weight excluding hydrogens is 300 g/mol. The lowest BCUT2D eigenvalue weighted by atomic mass is 10.2. The average Bonchev–Trinajstić information content (AvgIpc) is 2.48. The lowest BCUT2D eigenvalue weighted by Crippen LogP contribution is -2.29. The SMILES string of the molecule is COc1ccc(Cl)cc1NC(=O)CN(C)Cc1ccccc1. The van der Waals surface area contributed by atoms with Crippen molar-refractivity contribution in [2.24, 2.45) is 0 Å². The molecule has 0 aliphatic heterocycles. The van der Waals surface area contributed by atoms with E-state index in [1.54, 1.807) is 25.3 Å². The molecule has 2 aromatic rings. The first-order valence-electron chi connectivity index (χ1n) is 6.94. The maximum Gasteiger partial charge on any atom is 0.238 e. The van der Waals surface area contributed by atoms with Crippen molar-refractivity contribution < 1.29 is 9.53 Å². The molecular formula is C17H19ClN2O2. The zero-order chi connectivity index (χ0) is 15.9. The summed E-state index contributed by atoms with van der Waals surface area (Å²) in [5.74, 6) is 0.475. The number of nitrogens with zero attached hydrogens (tertiary/aromatic N) is 1. The van der Waals surface area contributed by atoms with E-state index in [1.807, 2.05) is 42.3 Å². The minimum absolute atomic E-state index is 0.112. The van der Waals surface area contributed by atoms with Crippen LogP contribution in [0.2, 0.25) is 5.02 Å². The molecule has 2 aromatic carbocycles. The van der Waals surface area contributed by atoms with Gasteiger partial charge in [-0.15, -0.1) is 0 Å². The standard InChI is InChI=1S/C17H19ClN2O2/c1-20(11-13-6-4-3-5-7-13)12-17(21)19-15-10-14(18)8-9-16(15)22-2/h3-10H,11-12H2,1-2H3,(H,19,21). The molecule has 22 heavy (non-hydrogen) atoms. The van der Waals surface area contributed by atoms with Crippen LogP contribution in [-0.2, 0) is 11.3 Å². The quantitative estimate of drug-likeness (QED) is 0.887. The van der Waals surface area contributed by atoms with E-state index in [0.717, 1.165) is 5.56 Å². The highest BCUT2D eigenvalue weighted by Crippen LogP contribution is 2.27. The van der Waals surface area contributed by atoms with Gasteiger partial charge in [0.2, 0.25) is 5.91 Å². The maximum atomic E-state index is 12.1. The lowest BCUT2D eigenvalue weighted by Gasteiger charge is -2.17. The fourth-order valence-electron chi connectivity index (χ4n) is 2.16. The fraction of sp³-hybridized carbons (Fsp3) is 0.235. The Morgan fingerprint density at radius 2 is 1.95 bits per heavy atom. The summed E-state index contributed by atoms with van der Waals surface area (Å²) in [5, 5.41) is 3.38. The Hall–Kier alpha value is -2.04. The van der Waals surface area contributed by atoms with E-state index >= 15 is 0 Å². The molecule has 4 nitrogen and oxygen atoms in total. The maximum absolute atomic E-state index is 12.1. The molecule has 0 bridgehead atoms. The number of nitrogens with one attached hydrogen (secondary N) is 1. The van der Waals surface area contributed by atoms with Crippen molar-refractivity contribution in [2.75, 3.05) is 26.0 Å². The van der Waals surface area contributed by atoms with E-state index in [4.69, 9.17) is 16.3 Å². The Morgan fingerprint density at radius 3 is 2.64 bits per heavy atom. The number of rotatable bonds is 6. The van der Waals surface area contributed by atoms with Crippen LogP contribution in [0.15, 0.2) is 48.5 Å². The smallest absolute Gasteiger partial charge is 0.238 e. The number of ether oxygens (including phenoxy) is 1. The second kappa shape index (κ2) is 7.82. The number of hydrogen-bond donors (Lipinski definition) is 1. The van der Waals surface area contributed by atoms with E-state index in [2.05, 4.69) is 5.32 Å². The summed E-state index contributed by atoms with van der Waals surface area (Å²) in [6.07, 6.45) is 0. The number of anilines is 1. The number of likely N-dealkylation sites (N-methyl/N-ethyl adjacent to an activating group) is 1. The topological polar surface area (TPSA) is 41.6 Å². The van der Waals surface area contributed by atoms with Crippen molar-refractivity contribution >= 4 is 23.2 Å². The third-order valence-corrected chi connectivity index (χ3v) is 3.38. The Kier molecular flexibility index (Phi) is 5.81. The highest BCUT2D eigenvalue weighted by molar-refractivity contribution is 6.31. The number of halogens is 1. The fourth-order valence-corrected chi connectivity index (χ4v) is 2.34. The van der Waals surface area contributed by atoms with Crippen molar-refractivity contribution in [3.8, 4) is 5.75 Å². The van der Waals surface area contributed by atoms with Gasteiger partial charge in [0.25, 0.3) is 0 Å². The van der Waals surface area contributed by atoms with E-state index in [1.165, 1.54) is 0 Å². The largest absolute Gasteiger partial charge is 0.495 e. The van der Waals surface area contributed by atoms with Crippen LogP contribution < -0.4 is 10.1 Å². The zero-order valence-corrected chi connectivity index (χ0v) is 13.4. The molecule has 0 radical (unpaired) electrons. The summed E-state index contributed by atoms with van der Waals surface area (Å²) < 4.78 is 5.21. The van der Waals surface area contributed by atoms with E-state index in [9.17, 15) is 4.79 Å². The van der Waals surface area contributed by atoms with Crippen molar-refractivity contribution in [1.82, 2.24) is 4.90 Å². The highest BCUT2D eigenvalue weighted by Gasteiger charge is 2.11. The van der Waals surface area contributed by atoms with Crippen LogP contribution in [0, 0.1) is 0 Å². The van der Waals surface area contributed by atoms with Crippen molar-refractivity contribution in [1.29, 1.82) is 0 Å². The minimum atomic E-state index is -0.112. The zero-order valence-electron chi connectivity index (χ0n) is 12.7. The van der Waals surface area contributed by atoms with E-state index in [-0.39, 0.29) is 12.5 Å². The molecule has 0 aliphatic carbocycles. The summed E-state index contributed by atoms with van der Waals surface area (Å²) in [5.41, 5.74) is 1.74. The van der Waals surface area contributed by atoms with Gasteiger partial charge in [-0.1, -0.05) is 41.9 Å². The van der Waals surface area contributed by atoms with Gasteiger partial charge in [0.05, 0.1) is 19.3 Å².